The van der Waals surface area contributed by atoms with Crippen LogP contribution in [0.25, 0.3) is 0 Å². The van der Waals surface area contributed by atoms with Crippen LogP contribution in [0, 0.1) is 0 Å². The van der Waals surface area contributed by atoms with E-state index in [2.05, 4.69) is 0 Å². The van der Waals surface area contributed by atoms with E-state index >= 15 is 0 Å². The van der Waals surface area contributed by atoms with Crippen LogP contribution in [0.1, 0.15) is 31.1 Å². The third-order valence-electron chi connectivity index (χ3n) is 3.40. The second kappa shape index (κ2) is 13.7. The zero-order valence-corrected chi connectivity index (χ0v) is 18.8. The molecule has 0 atom stereocenters. The van der Waals surface area contributed by atoms with E-state index in [0.29, 0.717) is 0 Å². The topological polar surface area (TPSA) is 173 Å². The molecule has 0 fully saturated rings. The van der Waals surface area contributed by atoms with Crippen LogP contribution in [0.4, 0.5) is 0 Å². The van der Waals surface area contributed by atoms with Gasteiger partial charge in [0, 0.05) is 32.7 Å². The molecule has 10 heteroatoms. The van der Waals surface area contributed by atoms with Gasteiger partial charge in [-0.05, 0) is 36.4 Å². The molecule has 3 rings (SSSR count). The minimum Gasteiger partial charge on any atom is -0.507 e. The molecule has 0 amide bonds. The zero-order chi connectivity index (χ0) is 22.7. The van der Waals surface area contributed by atoms with E-state index in [1.807, 2.05) is 0 Å². The largest absolute Gasteiger partial charge is 0.507 e. The summed E-state index contributed by atoms with van der Waals surface area (Å²) < 4.78 is 0. The van der Waals surface area contributed by atoms with Gasteiger partial charge in [-0.15, -0.1) is 0 Å². The Balaban J connectivity index is 0.000000429. The van der Waals surface area contributed by atoms with Gasteiger partial charge in [-0.25, -0.2) is 14.4 Å². The monoisotopic (exact) mass is 503 g/mol. The molecule has 0 saturated heterocycles. The van der Waals surface area contributed by atoms with Gasteiger partial charge in [-0.1, -0.05) is 36.4 Å². The maximum atomic E-state index is 10.3. The second-order valence-electron chi connectivity index (χ2n) is 5.47. The minimum atomic E-state index is -1.11. The van der Waals surface area contributed by atoms with Crippen LogP contribution in [0.2, 0.25) is 0 Å². The zero-order valence-electron chi connectivity index (χ0n) is 15.9. The average Bonchev–Trinajstić information content (AvgIpc) is 2.69. The minimum absolute atomic E-state index is 0. The molecule has 159 valence electrons. The standard InChI is InChI=1S/3C7H6O3.Y/c3*8-6-4-2-1-3-5(6)7(9)10;/h3*1-4,8H,(H,9,10);. The van der Waals surface area contributed by atoms with Gasteiger partial charge in [-0.2, -0.15) is 0 Å². The first-order valence-corrected chi connectivity index (χ1v) is 8.19. The number of carboxylic acid groups (broad SMARTS) is 3. The molecule has 0 aliphatic carbocycles. The SMILES string of the molecule is O=C(O)c1ccccc1O.O=C(O)c1ccccc1O.O=C(O)c1ccccc1O.[Y]. The summed E-state index contributed by atoms with van der Waals surface area (Å²) in [5.41, 5.74) is -0.201. The van der Waals surface area contributed by atoms with E-state index in [1.54, 1.807) is 36.4 Å². The summed E-state index contributed by atoms with van der Waals surface area (Å²) in [7, 11) is 0. The van der Waals surface area contributed by atoms with Crippen LogP contribution in [0.15, 0.2) is 72.8 Å². The van der Waals surface area contributed by atoms with Crippen molar-refractivity contribution in [2.75, 3.05) is 0 Å². The molecule has 0 saturated carbocycles. The maximum Gasteiger partial charge on any atom is 0.339 e. The Morgan fingerprint density at radius 1 is 0.452 bits per heavy atom. The van der Waals surface area contributed by atoms with E-state index in [-0.39, 0.29) is 66.6 Å². The Morgan fingerprint density at radius 3 is 0.774 bits per heavy atom. The van der Waals surface area contributed by atoms with Gasteiger partial charge < -0.3 is 30.6 Å². The molecule has 3 aromatic rings. The summed E-state index contributed by atoms with van der Waals surface area (Å²) >= 11 is 0. The number of aromatic carboxylic acids is 3. The average molecular weight is 503 g/mol. The molecule has 0 aliphatic heterocycles. The molecule has 1 radical (unpaired) electrons. The van der Waals surface area contributed by atoms with Crippen molar-refractivity contribution in [3.8, 4) is 17.2 Å². The molecule has 6 N–H and O–H groups in total. The molecule has 0 aromatic heterocycles. The second-order valence-corrected chi connectivity index (χ2v) is 5.47. The molecule has 0 unspecified atom stereocenters. The molecule has 0 bridgehead atoms. The van der Waals surface area contributed by atoms with Crippen LogP contribution in [-0.4, -0.2) is 48.5 Å². The molecular weight excluding hydrogens is 485 g/mol. The Kier molecular flexibility index (Phi) is 12.2. The first-order chi connectivity index (χ1) is 14.1. The molecule has 0 heterocycles. The fourth-order valence-corrected chi connectivity index (χ4v) is 1.96. The van der Waals surface area contributed by atoms with Gasteiger partial charge in [0.1, 0.15) is 33.9 Å². The Morgan fingerprint density at radius 2 is 0.645 bits per heavy atom. The Bertz CT molecular complexity index is 903. The van der Waals surface area contributed by atoms with E-state index in [4.69, 9.17) is 30.6 Å². The van der Waals surface area contributed by atoms with E-state index in [9.17, 15) is 14.4 Å². The van der Waals surface area contributed by atoms with Crippen LogP contribution in [-0.2, 0) is 32.7 Å². The normalized spacial score (nSPS) is 8.90. The van der Waals surface area contributed by atoms with Gasteiger partial charge in [0.2, 0.25) is 0 Å². The van der Waals surface area contributed by atoms with Crippen molar-refractivity contribution in [3.05, 3.63) is 89.5 Å². The van der Waals surface area contributed by atoms with Crippen molar-refractivity contribution < 1.29 is 77.7 Å². The van der Waals surface area contributed by atoms with Gasteiger partial charge in [0.25, 0.3) is 0 Å². The van der Waals surface area contributed by atoms with E-state index in [1.165, 1.54) is 36.4 Å². The molecule has 0 spiro atoms. The Labute approximate surface area is 201 Å². The third-order valence-corrected chi connectivity index (χ3v) is 3.40. The third kappa shape index (κ3) is 9.28. The number of hydrogen-bond donors (Lipinski definition) is 6. The number of phenols is 3. The van der Waals surface area contributed by atoms with Crippen molar-refractivity contribution in [2.24, 2.45) is 0 Å². The molecule has 31 heavy (non-hydrogen) atoms. The van der Waals surface area contributed by atoms with Gasteiger partial charge >= 0.3 is 17.9 Å². The van der Waals surface area contributed by atoms with Crippen molar-refractivity contribution in [1.82, 2.24) is 0 Å². The van der Waals surface area contributed by atoms with E-state index < -0.39 is 17.9 Å². The number of rotatable bonds is 3. The number of hydrogen-bond acceptors (Lipinski definition) is 6. The van der Waals surface area contributed by atoms with Gasteiger partial charge in [0.15, 0.2) is 0 Å². The quantitative estimate of drug-likeness (QED) is 0.314. The maximum absolute atomic E-state index is 10.3. The summed E-state index contributed by atoms with van der Waals surface area (Å²) in [5.74, 6) is -3.94. The predicted molar refractivity (Wildman–Crippen MR) is 105 cm³/mol. The summed E-state index contributed by atoms with van der Waals surface area (Å²) in [6.45, 7) is 0. The summed E-state index contributed by atoms with van der Waals surface area (Å²) in [4.78, 5) is 30.8. The molecule has 3 aromatic carbocycles. The van der Waals surface area contributed by atoms with E-state index in [0.717, 1.165) is 0 Å². The van der Waals surface area contributed by atoms with Crippen LogP contribution < -0.4 is 0 Å². The smallest absolute Gasteiger partial charge is 0.339 e. The van der Waals surface area contributed by atoms with Crippen molar-refractivity contribution in [3.63, 3.8) is 0 Å². The predicted octanol–water partition coefficient (Wildman–Crippen LogP) is 3.27. The number of aromatic hydroxyl groups is 3. The number of para-hydroxylation sites is 3. The number of carbonyl (C=O) groups is 3. The Hall–Kier alpha value is -3.43. The number of carboxylic acids is 3. The fraction of sp³-hybridized carbons (Fsp3) is 0. The van der Waals surface area contributed by atoms with Crippen LogP contribution in [0.3, 0.4) is 0 Å². The van der Waals surface area contributed by atoms with Crippen molar-refractivity contribution in [1.29, 1.82) is 0 Å². The summed E-state index contributed by atoms with van der Waals surface area (Å²) in [6, 6.07) is 17.4. The number of benzene rings is 3. The van der Waals surface area contributed by atoms with Crippen LogP contribution >= 0.6 is 0 Å². The van der Waals surface area contributed by atoms with Crippen molar-refractivity contribution in [2.45, 2.75) is 0 Å². The van der Waals surface area contributed by atoms with Gasteiger partial charge in [0.05, 0.1) is 0 Å². The van der Waals surface area contributed by atoms with Gasteiger partial charge in [-0.3, -0.25) is 0 Å². The summed E-state index contributed by atoms with van der Waals surface area (Å²) in [5, 5.41) is 51.9. The molecule has 0 aliphatic rings. The first kappa shape index (κ1) is 27.6. The summed E-state index contributed by atoms with van der Waals surface area (Å²) in [6.07, 6.45) is 0. The van der Waals surface area contributed by atoms with Crippen molar-refractivity contribution >= 4 is 17.9 Å². The van der Waals surface area contributed by atoms with Crippen LogP contribution in [0.5, 0.6) is 17.2 Å². The fourth-order valence-electron chi connectivity index (χ4n) is 1.96. The molecular formula is C21H18O9Y. The molecule has 9 nitrogen and oxygen atoms in total. The first-order valence-electron chi connectivity index (χ1n) is 8.19.